The van der Waals surface area contributed by atoms with Crippen molar-refractivity contribution < 1.29 is 37.9 Å². The van der Waals surface area contributed by atoms with Crippen molar-refractivity contribution in [2.24, 2.45) is 0 Å². The predicted octanol–water partition coefficient (Wildman–Crippen LogP) is 2.71. The van der Waals surface area contributed by atoms with E-state index in [-0.39, 0.29) is 19.4 Å². The normalized spacial score (nSPS) is 12.7. The molecule has 0 spiro atoms. The van der Waals surface area contributed by atoms with E-state index in [0.717, 1.165) is 25.7 Å². The SMILES string of the molecule is CCCCCCCCC(=O)OC(COC(=O)CC)COP(=O)(O)O. The van der Waals surface area contributed by atoms with Crippen LogP contribution in [0.3, 0.4) is 0 Å². The van der Waals surface area contributed by atoms with Crippen molar-refractivity contribution >= 4 is 19.8 Å². The largest absolute Gasteiger partial charge is 0.469 e. The zero-order valence-corrected chi connectivity index (χ0v) is 15.3. The predicted molar refractivity (Wildman–Crippen MR) is 87.1 cm³/mol. The van der Waals surface area contributed by atoms with E-state index in [1.54, 1.807) is 6.92 Å². The summed E-state index contributed by atoms with van der Waals surface area (Å²) in [6, 6.07) is 0. The molecule has 0 bridgehead atoms. The quantitative estimate of drug-likeness (QED) is 0.273. The maximum atomic E-state index is 11.8. The molecule has 0 amide bonds. The number of hydrogen-bond acceptors (Lipinski definition) is 6. The molecule has 24 heavy (non-hydrogen) atoms. The standard InChI is InChI=1S/C15H29O8P/c1-3-5-6-7-8-9-10-15(17)23-13(11-21-14(16)4-2)12-22-24(18,19)20/h13H,3-12H2,1-2H3,(H2,18,19,20). The Morgan fingerprint density at radius 3 is 2.17 bits per heavy atom. The zero-order chi connectivity index (χ0) is 18.4. The molecule has 0 rings (SSSR count). The third kappa shape index (κ3) is 14.6. The highest BCUT2D eigenvalue weighted by atomic mass is 31.2. The van der Waals surface area contributed by atoms with Crippen molar-refractivity contribution in [3.63, 3.8) is 0 Å². The Kier molecular flexibility index (Phi) is 12.8. The lowest BCUT2D eigenvalue weighted by atomic mass is 10.1. The lowest BCUT2D eigenvalue weighted by Crippen LogP contribution is -2.29. The summed E-state index contributed by atoms with van der Waals surface area (Å²) in [4.78, 5) is 40.3. The van der Waals surface area contributed by atoms with Gasteiger partial charge in [0.15, 0.2) is 6.10 Å². The van der Waals surface area contributed by atoms with Gasteiger partial charge in [-0.1, -0.05) is 46.0 Å². The lowest BCUT2D eigenvalue weighted by Gasteiger charge is -2.18. The molecule has 8 nitrogen and oxygen atoms in total. The summed E-state index contributed by atoms with van der Waals surface area (Å²) in [5.74, 6) is -1.000. The van der Waals surface area contributed by atoms with Crippen LogP contribution < -0.4 is 0 Å². The topological polar surface area (TPSA) is 119 Å². The van der Waals surface area contributed by atoms with Gasteiger partial charge in [0.05, 0.1) is 6.61 Å². The smallest absolute Gasteiger partial charge is 0.462 e. The van der Waals surface area contributed by atoms with Crippen molar-refractivity contribution in [3.8, 4) is 0 Å². The number of ether oxygens (including phenoxy) is 2. The van der Waals surface area contributed by atoms with Gasteiger partial charge < -0.3 is 19.3 Å². The third-order valence-corrected chi connectivity index (χ3v) is 3.67. The minimum absolute atomic E-state index is 0.151. The molecule has 0 aliphatic rings. The number of carbonyl (C=O) groups is 2. The molecule has 0 aromatic rings. The van der Waals surface area contributed by atoms with E-state index in [2.05, 4.69) is 11.4 Å². The highest BCUT2D eigenvalue weighted by molar-refractivity contribution is 7.46. The Labute approximate surface area is 143 Å². The van der Waals surface area contributed by atoms with Gasteiger partial charge >= 0.3 is 19.8 Å². The number of phosphoric acid groups is 1. The molecule has 2 N–H and O–H groups in total. The van der Waals surface area contributed by atoms with Crippen LogP contribution in [0.25, 0.3) is 0 Å². The summed E-state index contributed by atoms with van der Waals surface area (Å²) in [5, 5.41) is 0. The van der Waals surface area contributed by atoms with Crippen LogP contribution in [-0.2, 0) is 28.2 Å². The average Bonchev–Trinajstić information content (AvgIpc) is 2.52. The Bertz CT molecular complexity index is 406. The van der Waals surface area contributed by atoms with Gasteiger partial charge in [-0.2, -0.15) is 0 Å². The fourth-order valence-electron chi connectivity index (χ4n) is 1.88. The number of phosphoric ester groups is 1. The fourth-order valence-corrected chi connectivity index (χ4v) is 2.24. The Balaban J connectivity index is 4.18. The van der Waals surface area contributed by atoms with Gasteiger partial charge in [0, 0.05) is 12.8 Å². The van der Waals surface area contributed by atoms with Crippen LogP contribution in [-0.4, -0.2) is 41.0 Å². The summed E-state index contributed by atoms with van der Waals surface area (Å²) >= 11 is 0. The van der Waals surface area contributed by atoms with Crippen molar-refractivity contribution in [2.45, 2.75) is 71.3 Å². The first-order valence-corrected chi connectivity index (χ1v) is 9.86. The van der Waals surface area contributed by atoms with Crippen LogP contribution in [0.1, 0.15) is 65.2 Å². The molecular weight excluding hydrogens is 339 g/mol. The van der Waals surface area contributed by atoms with Crippen molar-refractivity contribution in [1.82, 2.24) is 0 Å². The molecule has 0 saturated heterocycles. The number of hydrogen-bond donors (Lipinski definition) is 2. The summed E-state index contributed by atoms with van der Waals surface area (Å²) in [6.45, 7) is 2.90. The maximum absolute atomic E-state index is 11.8. The average molecular weight is 368 g/mol. The van der Waals surface area contributed by atoms with E-state index in [0.29, 0.717) is 6.42 Å². The van der Waals surface area contributed by atoms with Gasteiger partial charge in [-0.25, -0.2) is 4.57 Å². The monoisotopic (exact) mass is 368 g/mol. The fraction of sp³-hybridized carbons (Fsp3) is 0.867. The van der Waals surface area contributed by atoms with E-state index in [4.69, 9.17) is 19.3 Å². The first-order chi connectivity index (χ1) is 11.3. The Morgan fingerprint density at radius 1 is 0.958 bits per heavy atom. The van der Waals surface area contributed by atoms with Gasteiger partial charge in [0.25, 0.3) is 0 Å². The van der Waals surface area contributed by atoms with Crippen LogP contribution in [0.4, 0.5) is 0 Å². The van der Waals surface area contributed by atoms with Gasteiger partial charge in [0.2, 0.25) is 0 Å². The van der Waals surface area contributed by atoms with Crippen molar-refractivity contribution in [2.75, 3.05) is 13.2 Å². The highest BCUT2D eigenvalue weighted by Crippen LogP contribution is 2.35. The van der Waals surface area contributed by atoms with Crippen LogP contribution >= 0.6 is 7.82 Å². The van der Waals surface area contributed by atoms with E-state index in [9.17, 15) is 14.2 Å². The van der Waals surface area contributed by atoms with E-state index in [1.165, 1.54) is 6.42 Å². The molecule has 0 radical (unpaired) electrons. The second-order valence-electron chi connectivity index (χ2n) is 5.45. The minimum atomic E-state index is -4.69. The second-order valence-corrected chi connectivity index (χ2v) is 6.69. The molecule has 142 valence electrons. The molecule has 0 fully saturated rings. The molecule has 9 heteroatoms. The third-order valence-electron chi connectivity index (χ3n) is 3.18. The molecule has 1 unspecified atom stereocenters. The molecule has 0 aromatic carbocycles. The zero-order valence-electron chi connectivity index (χ0n) is 14.4. The van der Waals surface area contributed by atoms with Gasteiger partial charge in [-0.3, -0.25) is 14.1 Å². The second kappa shape index (κ2) is 13.4. The molecule has 1 atom stereocenters. The molecular formula is C15H29O8P. The molecule has 0 aliphatic heterocycles. The minimum Gasteiger partial charge on any atom is -0.462 e. The summed E-state index contributed by atoms with van der Waals surface area (Å²) in [6.07, 6.45) is 5.44. The first kappa shape index (κ1) is 23.1. The Hall–Kier alpha value is -0.950. The highest BCUT2D eigenvalue weighted by Gasteiger charge is 2.22. The lowest BCUT2D eigenvalue weighted by molar-refractivity contribution is -0.161. The molecule has 0 aliphatic carbocycles. The van der Waals surface area contributed by atoms with E-state index >= 15 is 0 Å². The summed E-state index contributed by atoms with van der Waals surface area (Å²) in [7, 11) is -4.69. The van der Waals surface area contributed by atoms with Crippen LogP contribution in [0, 0.1) is 0 Å². The van der Waals surface area contributed by atoms with Crippen LogP contribution in [0.15, 0.2) is 0 Å². The van der Waals surface area contributed by atoms with Crippen LogP contribution in [0.5, 0.6) is 0 Å². The van der Waals surface area contributed by atoms with Gasteiger partial charge in [-0.05, 0) is 6.42 Å². The molecule has 0 aromatic heterocycles. The first-order valence-electron chi connectivity index (χ1n) is 8.33. The number of carbonyl (C=O) groups excluding carboxylic acids is 2. The van der Waals surface area contributed by atoms with Gasteiger partial charge in [-0.15, -0.1) is 0 Å². The van der Waals surface area contributed by atoms with Crippen molar-refractivity contribution in [3.05, 3.63) is 0 Å². The Morgan fingerprint density at radius 2 is 1.58 bits per heavy atom. The van der Waals surface area contributed by atoms with Gasteiger partial charge in [0.1, 0.15) is 6.61 Å². The maximum Gasteiger partial charge on any atom is 0.469 e. The van der Waals surface area contributed by atoms with Crippen LogP contribution in [0.2, 0.25) is 0 Å². The number of esters is 2. The number of rotatable bonds is 14. The van der Waals surface area contributed by atoms with Crippen molar-refractivity contribution in [1.29, 1.82) is 0 Å². The summed E-state index contributed by atoms with van der Waals surface area (Å²) < 4.78 is 25.0. The number of unbranched alkanes of at least 4 members (excludes halogenated alkanes) is 5. The molecule has 0 saturated carbocycles. The summed E-state index contributed by atoms with van der Waals surface area (Å²) in [5.41, 5.74) is 0. The van der Waals surface area contributed by atoms with E-state index < -0.39 is 32.5 Å². The molecule has 0 heterocycles. The van der Waals surface area contributed by atoms with E-state index in [1.807, 2.05) is 0 Å².